The van der Waals surface area contributed by atoms with Crippen molar-refractivity contribution in [2.45, 2.75) is 44.7 Å². The lowest BCUT2D eigenvalue weighted by atomic mass is 10.2. The van der Waals surface area contributed by atoms with Crippen molar-refractivity contribution in [3.8, 4) is 0 Å². The fraction of sp³-hybridized carbons (Fsp3) is 0.421. The van der Waals surface area contributed by atoms with Crippen molar-refractivity contribution in [2.24, 2.45) is 0 Å². The fourth-order valence-corrected chi connectivity index (χ4v) is 4.15. The zero-order valence-corrected chi connectivity index (χ0v) is 14.1. The lowest BCUT2D eigenvalue weighted by molar-refractivity contribution is 0.480. The molecule has 1 aliphatic heterocycles. The summed E-state index contributed by atoms with van der Waals surface area (Å²) in [5, 5.41) is 4.63. The molecular formula is C19H21N5O. The Morgan fingerprint density at radius 1 is 1.20 bits per heavy atom. The summed E-state index contributed by atoms with van der Waals surface area (Å²) in [6, 6.07) is 10.1. The van der Waals surface area contributed by atoms with Crippen LogP contribution in [0, 0.1) is 0 Å². The van der Waals surface area contributed by atoms with E-state index in [1.807, 2.05) is 24.3 Å². The summed E-state index contributed by atoms with van der Waals surface area (Å²) in [4.78, 5) is 22.8. The molecule has 25 heavy (non-hydrogen) atoms. The first kappa shape index (κ1) is 14.7. The molecule has 2 aromatic heterocycles. The van der Waals surface area contributed by atoms with Gasteiger partial charge in [0.15, 0.2) is 0 Å². The summed E-state index contributed by atoms with van der Waals surface area (Å²) in [7, 11) is 0. The van der Waals surface area contributed by atoms with E-state index in [1.165, 1.54) is 0 Å². The SMILES string of the molecule is O=c1cc2c(nn1CC1CCCN1c1nc3ccccc3[nH]1)CCC2. The quantitative estimate of drug-likeness (QED) is 0.797. The molecule has 1 aliphatic carbocycles. The lowest BCUT2D eigenvalue weighted by Crippen LogP contribution is -2.38. The Hall–Kier alpha value is -2.63. The molecule has 6 nitrogen and oxygen atoms in total. The number of para-hydroxylation sites is 2. The summed E-state index contributed by atoms with van der Waals surface area (Å²) < 4.78 is 1.66. The minimum Gasteiger partial charge on any atom is -0.338 e. The van der Waals surface area contributed by atoms with E-state index in [1.54, 1.807) is 10.7 Å². The van der Waals surface area contributed by atoms with Gasteiger partial charge >= 0.3 is 0 Å². The average molecular weight is 335 g/mol. The van der Waals surface area contributed by atoms with Gasteiger partial charge in [0.1, 0.15) is 0 Å². The van der Waals surface area contributed by atoms with Crippen molar-refractivity contribution in [1.29, 1.82) is 0 Å². The second-order valence-corrected chi connectivity index (χ2v) is 7.06. The number of rotatable bonds is 3. The molecule has 0 amide bonds. The van der Waals surface area contributed by atoms with E-state index >= 15 is 0 Å². The summed E-state index contributed by atoms with van der Waals surface area (Å²) in [6.45, 7) is 1.59. The van der Waals surface area contributed by atoms with Crippen molar-refractivity contribution in [3.63, 3.8) is 0 Å². The standard InChI is InChI=1S/C19H21N5O/c25-18-11-13-5-3-9-15(13)22-24(18)12-14-6-4-10-23(14)19-20-16-7-1-2-8-17(16)21-19/h1-2,7-8,11,14H,3-6,9-10,12H2,(H,20,21). The van der Waals surface area contributed by atoms with Gasteiger partial charge in [-0.25, -0.2) is 9.67 Å². The number of H-pyrrole nitrogens is 1. The smallest absolute Gasteiger partial charge is 0.267 e. The highest BCUT2D eigenvalue weighted by molar-refractivity contribution is 5.77. The molecule has 0 bridgehead atoms. The molecule has 0 radical (unpaired) electrons. The topological polar surface area (TPSA) is 66.8 Å². The maximum absolute atomic E-state index is 12.4. The number of nitrogens with one attached hydrogen (secondary N) is 1. The monoisotopic (exact) mass is 335 g/mol. The number of aryl methyl sites for hydroxylation is 2. The van der Waals surface area contributed by atoms with Gasteiger partial charge < -0.3 is 9.88 Å². The van der Waals surface area contributed by atoms with Crippen LogP contribution in [-0.2, 0) is 19.4 Å². The largest absolute Gasteiger partial charge is 0.338 e. The minimum absolute atomic E-state index is 0.0251. The zero-order valence-electron chi connectivity index (χ0n) is 14.1. The van der Waals surface area contributed by atoms with E-state index in [9.17, 15) is 4.79 Å². The molecule has 0 spiro atoms. The Morgan fingerprint density at radius 3 is 3.04 bits per heavy atom. The second-order valence-electron chi connectivity index (χ2n) is 7.06. The van der Waals surface area contributed by atoms with E-state index in [4.69, 9.17) is 4.98 Å². The van der Waals surface area contributed by atoms with Gasteiger partial charge in [0, 0.05) is 12.6 Å². The molecule has 1 aromatic carbocycles. The van der Waals surface area contributed by atoms with Crippen LogP contribution in [-0.4, -0.2) is 32.3 Å². The Balaban J connectivity index is 1.44. The molecule has 2 aliphatic rings. The third-order valence-electron chi connectivity index (χ3n) is 5.43. The highest BCUT2D eigenvalue weighted by atomic mass is 16.1. The first-order valence-electron chi connectivity index (χ1n) is 9.09. The molecule has 1 fully saturated rings. The summed E-state index contributed by atoms with van der Waals surface area (Å²) in [5.74, 6) is 0.901. The van der Waals surface area contributed by atoms with Crippen molar-refractivity contribution >= 4 is 17.0 Å². The summed E-state index contributed by atoms with van der Waals surface area (Å²) in [6.07, 6.45) is 5.27. The number of nitrogens with zero attached hydrogens (tertiary/aromatic N) is 4. The Morgan fingerprint density at radius 2 is 2.12 bits per heavy atom. The normalized spacial score (nSPS) is 19.7. The van der Waals surface area contributed by atoms with Crippen LogP contribution in [0.25, 0.3) is 11.0 Å². The maximum atomic E-state index is 12.4. The Labute approximate surface area is 145 Å². The van der Waals surface area contributed by atoms with E-state index in [2.05, 4.69) is 15.0 Å². The van der Waals surface area contributed by atoms with E-state index in [0.717, 1.165) is 66.9 Å². The highest BCUT2D eigenvalue weighted by Gasteiger charge is 2.28. The van der Waals surface area contributed by atoms with Crippen LogP contribution >= 0.6 is 0 Å². The predicted molar refractivity (Wildman–Crippen MR) is 97.0 cm³/mol. The number of hydrogen-bond acceptors (Lipinski definition) is 4. The highest BCUT2D eigenvalue weighted by Crippen LogP contribution is 2.26. The molecule has 1 unspecified atom stereocenters. The molecule has 128 valence electrons. The number of aromatic amines is 1. The van der Waals surface area contributed by atoms with Gasteiger partial charge in [-0.15, -0.1) is 0 Å². The maximum Gasteiger partial charge on any atom is 0.267 e. The molecule has 0 saturated carbocycles. The minimum atomic E-state index is 0.0251. The van der Waals surface area contributed by atoms with Gasteiger partial charge in [-0.3, -0.25) is 4.79 Å². The average Bonchev–Trinajstić information content (AvgIpc) is 3.33. The Kier molecular flexibility index (Phi) is 3.36. The van der Waals surface area contributed by atoms with Crippen LogP contribution in [0.15, 0.2) is 35.1 Å². The number of fused-ring (bicyclic) bond motifs is 2. The summed E-state index contributed by atoms with van der Waals surface area (Å²) in [5.41, 5.74) is 4.30. The number of benzene rings is 1. The van der Waals surface area contributed by atoms with Crippen LogP contribution in [0.3, 0.4) is 0 Å². The molecule has 1 saturated heterocycles. The van der Waals surface area contributed by atoms with E-state index in [0.29, 0.717) is 6.54 Å². The predicted octanol–water partition coefficient (Wildman–Crippen LogP) is 2.28. The number of imidazole rings is 1. The van der Waals surface area contributed by atoms with Gasteiger partial charge in [-0.05, 0) is 49.8 Å². The number of aromatic nitrogens is 4. The third kappa shape index (κ3) is 2.52. The molecule has 3 heterocycles. The lowest BCUT2D eigenvalue weighted by Gasteiger charge is -2.24. The first-order chi connectivity index (χ1) is 12.3. The van der Waals surface area contributed by atoms with Crippen LogP contribution < -0.4 is 10.5 Å². The van der Waals surface area contributed by atoms with Crippen molar-refractivity contribution in [3.05, 3.63) is 51.9 Å². The molecule has 1 N–H and O–H groups in total. The van der Waals surface area contributed by atoms with Crippen molar-refractivity contribution < 1.29 is 0 Å². The van der Waals surface area contributed by atoms with Gasteiger partial charge in [0.25, 0.3) is 5.56 Å². The van der Waals surface area contributed by atoms with Gasteiger partial charge in [-0.1, -0.05) is 12.1 Å². The first-order valence-corrected chi connectivity index (χ1v) is 9.09. The number of hydrogen-bond donors (Lipinski definition) is 1. The van der Waals surface area contributed by atoms with Gasteiger partial charge in [0.05, 0.1) is 29.3 Å². The molecule has 5 rings (SSSR count). The molecule has 1 atom stereocenters. The van der Waals surface area contributed by atoms with E-state index < -0.39 is 0 Å². The summed E-state index contributed by atoms with van der Waals surface area (Å²) >= 11 is 0. The third-order valence-corrected chi connectivity index (χ3v) is 5.43. The molecule has 3 aromatic rings. The van der Waals surface area contributed by atoms with Crippen molar-refractivity contribution in [2.75, 3.05) is 11.4 Å². The molecular weight excluding hydrogens is 314 g/mol. The van der Waals surface area contributed by atoms with E-state index in [-0.39, 0.29) is 11.6 Å². The van der Waals surface area contributed by atoms with Crippen LogP contribution in [0.4, 0.5) is 5.95 Å². The Bertz CT molecular complexity index is 956. The number of anilines is 1. The zero-order chi connectivity index (χ0) is 16.8. The molecule has 6 heteroatoms. The van der Waals surface area contributed by atoms with Crippen LogP contribution in [0.1, 0.15) is 30.5 Å². The van der Waals surface area contributed by atoms with Crippen LogP contribution in [0.5, 0.6) is 0 Å². The van der Waals surface area contributed by atoms with Gasteiger partial charge in [0.2, 0.25) is 5.95 Å². The van der Waals surface area contributed by atoms with Crippen molar-refractivity contribution in [1.82, 2.24) is 19.7 Å². The van der Waals surface area contributed by atoms with Crippen LogP contribution in [0.2, 0.25) is 0 Å². The second kappa shape index (κ2) is 5.72. The van der Waals surface area contributed by atoms with Gasteiger partial charge in [-0.2, -0.15) is 5.10 Å². The fourth-order valence-electron chi connectivity index (χ4n) is 4.15.